The summed E-state index contributed by atoms with van der Waals surface area (Å²) in [7, 11) is -13.9. The van der Waals surface area contributed by atoms with Gasteiger partial charge in [0.05, 0.1) is 57.8 Å². The van der Waals surface area contributed by atoms with Crippen LogP contribution in [0.15, 0.2) is 148 Å². The molecule has 6 aromatic heterocycles. The number of aliphatic hydroxyl groups is 2. The van der Waals surface area contributed by atoms with Crippen molar-refractivity contribution in [2.24, 2.45) is 5.14 Å². The van der Waals surface area contributed by atoms with Crippen molar-refractivity contribution in [3.05, 3.63) is 210 Å². The quantitative estimate of drug-likeness (QED) is 0.0194. The van der Waals surface area contributed by atoms with Gasteiger partial charge in [0.2, 0.25) is 40.1 Å². The first-order chi connectivity index (χ1) is 44.8. The maximum atomic E-state index is 14.8. The Bertz CT molecular complexity index is 4760. The summed E-state index contributed by atoms with van der Waals surface area (Å²) in [6, 6.07) is 24.8. The van der Waals surface area contributed by atoms with Crippen molar-refractivity contribution in [1.82, 2.24) is 29.9 Å². The maximum absolute atomic E-state index is 14.8. The summed E-state index contributed by atoms with van der Waals surface area (Å²) < 4.78 is 154. The second kappa shape index (κ2) is 36.0. The molecule has 10 rings (SSSR count). The number of ketones is 1. The van der Waals surface area contributed by atoms with E-state index in [0.717, 1.165) is 24.5 Å². The molecule has 0 bridgehead atoms. The zero-order valence-electron chi connectivity index (χ0n) is 51.4. The number of nitrogens with two attached hydrogens (primary N) is 1. The Morgan fingerprint density at radius 1 is 0.568 bits per heavy atom. The van der Waals surface area contributed by atoms with Gasteiger partial charge < -0.3 is 25.2 Å². The van der Waals surface area contributed by atoms with Gasteiger partial charge in [-0.25, -0.2) is 71.3 Å². The van der Waals surface area contributed by atoms with Gasteiger partial charge in [-0.05, 0) is 141 Å². The molecule has 0 aliphatic carbocycles. The highest BCUT2D eigenvalue weighted by Crippen LogP contribution is 2.34. The van der Waals surface area contributed by atoms with Crippen LogP contribution in [-0.2, 0) is 46.7 Å². The molecule has 1 unspecified atom stereocenters. The molecule has 10 N–H and O–H groups in total. The van der Waals surface area contributed by atoms with Gasteiger partial charge in [0.1, 0.15) is 28.9 Å². The fourth-order valence-electron chi connectivity index (χ4n) is 8.53. The van der Waals surface area contributed by atoms with Crippen LogP contribution in [0.4, 0.5) is 34.6 Å². The number of pyridine rings is 3. The molecule has 510 valence electrons. The first kappa shape index (κ1) is 78.2. The van der Waals surface area contributed by atoms with E-state index in [0.29, 0.717) is 70.7 Å². The number of aryl methyl sites for hydroxylation is 1. The van der Waals surface area contributed by atoms with Crippen LogP contribution in [0.2, 0.25) is 0 Å². The van der Waals surface area contributed by atoms with Gasteiger partial charge in [-0.1, -0.05) is 70.2 Å². The van der Waals surface area contributed by atoms with Gasteiger partial charge in [0, 0.05) is 89.0 Å². The highest BCUT2D eigenvalue weighted by molar-refractivity contribution is 9.11. The van der Waals surface area contributed by atoms with Crippen LogP contribution >= 0.6 is 47.8 Å². The number of hydrogen-bond acceptors (Lipinski definition) is 15. The number of benzene rings is 4. The number of halogens is 7. The first-order valence-electron chi connectivity index (χ1n) is 28.6. The maximum Gasteiger partial charge on any atom is 0.232 e. The standard InChI is InChI=1S/C17H17BrFN3O3S.C15H10BrFN2O.C10H14FNO3S.C10H12FNO3S.C7H5BrN2.C3H9NO2S/c1-2-6-26(24,25)22-14-5-3-4-11(15(14)19)16(23)13-9-21-17-12(13)7-10(18)8-20-17;1-8-3-2-4-10(13(8)17)14(20)12-7-19-15-11(12)5-9(16)6-18-15;2*1-2-6-16(14,15)12-9-5-3-4-8(7-13)10(9)11;8-6-3-5-1-2-9-7(5)10-4-6;1-2-3-7(4,5)6/h3-5,7-9,16,22-23H,2,6H2,1H3,(H,20,21);2-7H,1H3,(H,18,19);3-5,12-13H,2,6-7H2,1H3;3-5,7,12H,2,6H2,1H3;1-4H,(H,9,10);2-3H2,1H3,(H2,4,5,6). The molecule has 33 heteroatoms. The Hall–Kier alpha value is -7.47. The molecule has 0 saturated heterocycles. The number of nitrogens with zero attached hydrogens (tertiary/aromatic N) is 3. The van der Waals surface area contributed by atoms with Crippen molar-refractivity contribution < 1.29 is 71.0 Å². The lowest BCUT2D eigenvalue weighted by molar-refractivity contribution is 0.103. The van der Waals surface area contributed by atoms with Crippen molar-refractivity contribution >= 4 is 150 Å². The second-order valence-electron chi connectivity index (χ2n) is 20.4. The molecular formula is C62H67Br3F4N10O12S4. The van der Waals surface area contributed by atoms with Gasteiger partial charge in [-0.2, -0.15) is 0 Å². The van der Waals surface area contributed by atoms with Crippen LogP contribution in [0.3, 0.4) is 0 Å². The number of anilines is 3. The highest BCUT2D eigenvalue weighted by atomic mass is 79.9. The summed E-state index contributed by atoms with van der Waals surface area (Å²) in [5, 5.41) is 26.6. The van der Waals surface area contributed by atoms with E-state index in [1.807, 2.05) is 18.3 Å². The third-order valence-electron chi connectivity index (χ3n) is 12.8. The summed E-state index contributed by atoms with van der Waals surface area (Å²) in [5.74, 6) is -3.38. The number of aldehydes is 1. The van der Waals surface area contributed by atoms with Crippen molar-refractivity contribution in [3.8, 4) is 0 Å². The molecule has 0 aliphatic rings. The van der Waals surface area contributed by atoms with Crippen molar-refractivity contribution in [1.29, 1.82) is 0 Å². The Labute approximate surface area is 572 Å². The lowest BCUT2D eigenvalue weighted by Gasteiger charge is -2.15. The van der Waals surface area contributed by atoms with E-state index in [4.69, 9.17) is 5.11 Å². The number of rotatable bonds is 20. The Morgan fingerprint density at radius 3 is 1.57 bits per heavy atom. The van der Waals surface area contributed by atoms with E-state index in [-0.39, 0.29) is 68.1 Å². The van der Waals surface area contributed by atoms with E-state index in [1.165, 1.54) is 60.7 Å². The monoisotopic (exact) mass is 1580 g/mol. The summed E-state index contributed by atoms with van der Waals surface area (Å²) in [5.41, 5.74) is 2.85. The number of H-pyrrole nitrogens is 3. The number of carbonyl (C=O) groups excluding carboxylic acids is 2. The number of aromatic amines is 3. The smallest absolute Gasteiger partial charge is 0.232 e. The number of sulfonamides is 4. The average molecular weight is 1590 g/mol. The molecule has 0 spiro atoms. The number of primary sulfonamides is 1. The van der Waals surface area contributed by atoms with E-state index in [2.05, 4.69) is 97.0 Å². The molecule has 1 atom stereocenters. The Kier molecular flexibility index (Phi) is 29.7. The summed E-state index contributed by atoms with van der Waals surface area (Å²) in [4.78, 5) is 44.3. The Balaban J connectivity index is 0.000000215. The van der Waals surface area contributed by atoms with Gasteiger partial charge in [0.15, 0.2) is 29.5 Å². The molecule has 0 fully saturated rings. The van der Waals surface area contributed by atoms with Crippen LogP contribution in [0.1, 0.15) is 108 Å². The SMILES string of the molecule is Brc1cnc2[nH]ccc2c1.CCCS(=O)(=O)Nc1cccc(C(O)c2c[nH]c3ncc(Br)cc23)c1F.CCCS(=O)(=O)Nc1cccc(C=O)c1F.CCCS(=O)(=O)Nc1cccc(CO)c1F.CCCS(N)(=O)=O.Cc1cccc(C(=O)c2c[nH]c3ncc(Br)cc23)c1F. The van der Waals surface area contributed by atoms with Crippen LogP contribution in [0.25, 0.3) is 33.1 Å². The van der Waals surface area contributed by atoms with Crippen LogP contribution in [0, 0.1) is 30.2 Å². The average Bonchev–Trinajstić information content (AvgIpc) is 1.81. The number of aliphatic hydroxyl groups excluding tert-OH is 2. The zero-order chi connectivity index (χ0) is 70.4. The molecule has 0 amide bonds. The second-order valence-corrected chi connectivity index (χ2v) is 30.4. The fraction of sp³-hybridized carbons (Fsp3) is 0.242. The zero-order valence-corrected chi connectivity index (χ0v) is 59.4. The first-order valence-corrected chi connectivity index (χ1v) is 37.6. The van der Waals surface area contributed by atoms with Gasteiger partial charge in [0.25, 0.3) is 0 Å². The molecule has 0 radical (unpaired) electrons. The van der Waals surface area contributed by atoms with Crippen LogP contribution in [-0.4, -0.2) is 109 Å². The minimum Gasteiger partial charge on any atom is -0.392 e. The lowest BCUT2D eigenvalue weighted by Crippen LogP contribution is -2.17. The van der Waals surface area contributed by atoms with Gasteiger partial charge in [-0.15, -0.1) is 0 Å². The van der Waals surface area contributed by atoms with Crippen LogP contribution < -0.4 is 19.3 Å². The molecule has 0 saturated carbocycles. The third kappa shape index (κ3) is 23.4. The summed E-state index contributed by atoms with van der Waals surface area (Å²) >= 11 is 9.98. The molecule has 6 heterocycles. The van der Waals surface area contributed by atoms with E-state index in [1.54, 1.807) is 89.9 Å². The summed E-state index contributed by atoms with van der Waals surface area (Å²) in [6.45, 7) is 8.09. The van der Waals surface area contributed by atoms with Gasteiger partial charge in [-0.3, -0.25) is 23.8 Å². The van der Waals surface area contributed by atoms with Crippen LogP contribution in [0.5, 0.6) is 0 Å². The fourth-order valence-corrected chi connectivity index (χ4v) is 13.5. The lowest BCUT2D eigenvalue weighted by atomic mass is 10.0. The number of fused-ring (bicyclic) bond motifs is 3. The normalized spacial score (nSPS) is 11.7. The van der Waals surface area contributed by atoms with Crippen molar-refractivity contribution in [2.75, 3.05) is 37.2 Å². The predicted octanol–water partition coefficient (Wildman–Crippen LogP) is 13.0. The molecule has 0 aliphatic heterocycles. The molecule has 22 nitrogen and oxygen atoms in total. The predicted molar refractivity (Wildman–Crippen MR) is 372 cm³/mol. The van der Waals surface area contributed by atoms with Crippen molar-refractivity contribution in [2.45, 2.75) is 73.0 Å². The van der Waals surface area contributed by atoms with Gasteiger partial charge >= 0.3 is 0 Å². The highest BCUT2D eigenvalue weighted by Gasteiger charge is 2.24. The molecule has 10 aromatic rings. The summed E-state index contributed by atoms with van der Waals surface area (Å²) in [6.07, 6.45) is 11.0. The number of aromatic nitrogens is 6. The minimum atomic E-state index is -3.64. The molecule has 4 aromatic carbocycles. The number of hydrogen-bond donors (Lipinski definition) is 9. The number of carbonyl (C=O) groups is 2. The van der Waals surface area contributed by atoms with E-state index in [9.17, 15) is 65.9 Å². The third-order valence-corrected chi connectivity index (χ3v) is 19.5. The largest absolute Gasteiger partial charge is 0.392 e. The molecule has 95 heavy (non-hydrogen) atoms. The minimum absolute atomic E-state index is 0.0254. The molecular weight excluding hydrogens is 1520 g/mol. The Morgan fingerprint density at radius 2 is 1.04 bits per heavy atom. The number of nitrogens with one attached hydrogen (secondary N) is 6. The van der Waals surface area contributed by atoms with Crippen molar-refractivity contribution in [3.63, 3.8) is 0 Å². The van der Waals surface area contributed by atoms with E-state index < -0.39 is 76.1 Å². The van der Waals surface area contributed by atoms with E-state index >= 15 is 0 Å². The topological polar surface area (TPSA) is 359 Å².